The van der Waals surface area contributed by atoms with Gasteiger partial charge < -0.3 is 14.3 Å². The summed E-state index contributed by atoms with van der Waals surface area (Å²) in [6.07, 6.45) is -0.0746. The molecule has 0 aromatic heterocycles. The number of hydrogen-bond donors (Lipinski definition) is 0. The first-order valence-electron chi connectivity index (χ1n) is 6.07. The van der Waals surface area contributed by atoms with Gasteiger partial charge in [-0.1, -0.05) is 35.5 Å². The predicted molar refractivity (Wildman–Crippen MR) is 70.1 cm³/mol. The Morgan fingerprint density at radius 3 is 2.55 bits per heavy atom. The third-order valence-corrected chi connectivity index (χ3v) is 3.11. The Kier molecular flexibility index (Phi) is 4.02. The van der Waals surface area contributed by atoms with Crippen molar-refractivity contribution in [1.29, 1.82) is 0 Å². The average Bonchev–Trinajstić information content (AvgIpc) is 2.92. The molecule has 0 radical (unpaired) electrons. The van der Waals surface area contributed by atoms with Crippen LogP contribution in [-0.4, -0.2) is 37.5 Å². The minimum absolute atomic E-state index is 0.165. The van der Waals surface area contributed by atoms with Crippen LogP contribution in [0.25, 0.3) is 0 Å². The van der Waals surface area contributed by atoms with Crippen LogP contribution in [0, 0.1) is 0 Å². The summed E-state index contributed by atoms with van der Waals surface area (Å²) in [7, 11) is 2.49. The van der Waals surface area contributed by atoms with Crippen LogP contribution in [-0.2, 0) is 23.9 Å². The summed E-state index contributed by atoms with van der Waals surface area (Å²) in [5, 5.41) is 3.92. The van der Waals surface area contributed by atoms with Crippen molar-refractivity contribution < 1.29 is 23.9 Å². The van der Waals surface area contributed by atoms with Gasteiger partial charge in [0.15, 0.2) is 0 Å². The monoisotopic (exact) mass is 277 g/mol. The Morgan fingerprint density at radius 1 is 1.25 bits per heavy atom. The lowest BCUT2D eigenvalue weighted by atomic mass is 9.91. The lowest BCUT2D eigenvalue weighted by Crippen LogP contribution is -2.42. The van der Waals surface area contributed by atoms with Crippen molar-refractivity contribution in [3.8, 4) is 0 Å². The van der Waals surface area contributed by atoms with Crippen LogP contribution < -0.4 is 0 Å². The molecule has 0 aliphatic carbocycles. The third-order valence-electron chi connectivity index (χ3n) is 3.11. The summed E-state index contributed by atoms with van der Waals surface area (Å²) in [6, 6.07) is 9.30. The van der Waals surface area contributed by atoms with E-state index in [2.05, 4.69) is 9.89 Å². The van der Waals surface area contributed by atoms with Crippen molar-refractivity contribution in [3.63, 3.8) is 0 Å². The summed E-state index contributed by atoms with van der Waals surface area (Å²) in [5.41, 5.74) is -0.00411. The van der Waals surface area contributed by atoms with Crippen LogP contribution in [0.5, 0.6) is 0 Å². The molecule has 0 saturated carbocycles. The first kappa shape index (κ1) is 14.0. The number of carbonyl (C=O) groups excluding carboxylic acids is 2. The molecule has 1 unspecified atom stereocenters. The smallest absolute Gasteiger partial charge is 0.354 e. The van der Waals surface area contributed by atoms with Crippen LogP contribution in [0.4, 0.5) is 0 Å². The molecule has 6 nitrogen and oxygen atoms in total. The number of carbonyl (C=O) groups is 2. The normalized spacial score (nSPS) is 20.8. The van der Waals surface area contributed by atoms with Crippen LogP contribution in [0.3, 0.4) is 0 Å². The summed E-state index contributed by atoms with van der Waals surface area (Å²) >= 11 is 0. The lowest BCUT2D eigenvalue weighted by Gasteiger charge is -2.21. The highest BCUT2D eigenvalue weighted by Gasteiger charge is 2.50. The fourth-order valence-corrected chi connectivity index (χ4v) is 2.03. The number of benzene rings is 1. The minimum atomic E-state index is -1.44. The Balaban J connectivity index is 2.22. The predicted octanol–water partition coefficient (Wildman–Crippen LogP) is 1.29. The molecule has 0 spiro atoms. The van der Waals surface area contributed by atoms with E-state index < -0.39 is 17.5 Å². The molecule has 0 saturated heterocycles. The number of ether oxygens (including phenoxy) is 2. The van der Waals surface area contributed by atoms with Crippen molar-refractivity contribution in [2.24, 2.45) is 5.16 Å². The van der Waals surface area contributed by atoms with E-state index in [4.69, 9.17) is 9.57 Å². The summed E-state index contributed by atoms with van der Waals surface area (Å²) in [5.74, 6) is -1.20. The van der Waals surface area contributed by atoms with E-state index in [1.165, 1.54) is 14.2 Å². The van der Waals surface area contributed by atoms with Gasteiger partial charge in [-0.25, -0.2) is 4.79 Å². The quantitative estimate of drug-likeness (QED) is 0.775. The van der Waals surface area contributed by atoms with Crippen molar-refractivity contribution in [2.45, 2.75) is 18.4 Å². The van der Waals surface area contributed by atoms with E-state index in [0.29, 0.717) is 5.71 Å². The van der Waals surface area contributed by atoms with Crippen LogP contribution in [0.1, 0.15) is 18.4 Å². The number of esters is 2. The Labute approximate surface area is 116 Å². The van der Waals surface area contributed by atoms with E-state index in [0.717, 1.165) is 5.56 Å². The number of oxime groups is 1. The SMILES string of the molecule is COC(=O)CC1(C(=O)OC)CC(c2ccccc2)=NO1. The van der Waals surface area contributed by atoms with Gasteiger partial charge in [-0.3, -0.25) is 4.79 Å². The molecule has 106 valence electrons. The van der Waals surface area contributed by atoms with E-state index in [1.54, 1.807) is 0 Å². The van der Waals surface area contributed by atoms with Gasteiger partial charge in [-0.05, 0) is 5.56 Å². The fraction of sp³-hybridized carbons (Fsp3) is 0.357. The van der Waals surface area contributed by atoms with Crippen molar-refractivity contribution in [3.05, 3.63) is 35.9 Å². The van der Waals surface area contributed by atoms with Crippen molar-refractivity contribution in [1.82, 2.24) is 0 Å². The lowest BCUT2D eigenvalue weighted by molar-refractivity contribution is -0.173. The molecule has 20 heavy (non-hydrogen) atoms. The van der Waals surface area contributed by atoms with Gasteiger partial charge >= 0.3 is 11.9 Å². The molecule has 1 aromatic carbocycles. The molecule has 1 aliphatic rings. The largest absolute Gasteiger partial charge is 0.469 e. The third kappa shape index (κ3) is 2.64. The second-order valence-electron chi connectivity index (χ2n) is 4.41. The number of methoxy groups -OCH3 is 2. The van der Waals surface area contributed by atoms with Gasteiger partial charge in [0.1, 0.15) is 0 Å². The summed E-state index contributed by atoms with van der Waals surface area (Å²) < 4.78 is 9.32. The zero-order chi connectivity index (χ0) is 14.6. The zero-order valence-corrected chi connectivity index (χ0v) is 11.3. The first-order chi connectivity index (χ1) is 9.61. The first-order valence-corrected chi connectivity index (χ1v) is 6.07. The second-order valence-corrected chi connectivity index (χ2v) is 4.41. The standard InChI is InChI=1S/C14H15NO5/c1-18-12(16)9-14(13(17)19-2)8-11(15-20-14)10-6-4-3-5-7-10/h3-7H,8-9H2,1-2H3. The maximum Gasteiger partial charge on any atom is 0.354 e. The van der Waals surface area contributed by atoms with Gasteiger partial charge in [-0.2, -0.15) is 0 Å². The summed E-state index contributed by atoms with van der Waals surface area (Å²) in [6.45, 7) is 0. The highest BCUT2D eigenvalue weighted by Crippen LogP contribution is 2.31. The molecule has 0 fully saturated rings. The van der Waals surface area contributed by atoms with Gasteiger partial charge in [-0.15, -0.1) is 0 Å². The van der Waals surface area contributed by atoms with E-state index in [1.807, 2.05) is 30.3 Å². The zero-order valence-electron chi connectivity index (χ0n) is 11.3. The topological polar surface area (TPSA) is 74.2 Å². The average molecular weight is 277 g/mol. The highest BCUT2D eigenvalue weighted by molar-refractivity contribution is 6.05. The maximum atomic E-state index is 11.9. The minimum Gasteiger partial charge on any atom is -0.469 e. The van der Waals surface area contributed by atoms with Crippen LogP contribution >= 0.6 is 0 Å². The molecule has 1 heterocycles. The highest BCUT2D eigenvalue weighted by atomic mass is 16.7. The van der Waals surface area contributed by atoms with E-state index in [-0.39, 0.29) is 12.8 Å². The molecular formula is C14H15NO5. The number of rotatable bonds is 4. The Morgan fingerprint density at radius 2 is 1.95 bits per heavy atom. The fourth-order valence-electron chi connectivity index (χ4n) is 2.03. The molecule has 1 aromatic rings. The molecule has 1 atom stereocenters. The van der Waals surface area contributed by atoms with E-state index in [9.17, 15) is 9.59 Å². The van der Waals surface area contributed by atoms with E-state index >= 15 is 0 Å². The van der Waals surface area contributed by atoms with Crippen LogP contribution in [0.15, 0.2) is 35.5 Å². The van der Waals surface area contributed by atoms with Gasteiger partial charge in [0.25, 0.3) is 0 Å². The second kappa shape index (κ2) is 5.73. The molecule has 2 rings (SSSR count). The molecule has 0 amide bonds. The van der Waals surface area contributed by atoms with Gasteiger partial charge in [0, 0.05) is 6.42 Å². The van der Waals surface area contributed by atoms with Gasteiger partial charge in [0.2, 0.25) is 5.60 Å². The molecular weight excluding hydrogens is 262 g/mol. The maximum absolute atomic E-state index is 11.9. The Bertz CT molecular complexity index is 540. The number of nitrogens with zero attached hydrogens (tertiary/aromatic N) is 1. The molecule has 6 heteroatoms. The molecule has 0 bridgehead atoms. The van der Waals surface area contributed by atoms with Crippen LogP contribution in [0.2, 0.25) is 0 Å². The molecule has 1 aliphatic heterocycles. The van der Waals surface area contributed by atoms with Crippen molar-refractivity contribution in [2.75, 3.05) is 14.2 Å². The van der Waals surface area contributed by atoms with Gasteiger partial charge in [0.05, 0.1) is 26.4 Å². The number of hydrogen-bond acceptors (Lipinski definition) is 6. The van der Waals surface area contributed by atoms with Crippen molar-refractivity contribution >= 4 is 17.7 Å². The summed E-state index contributed by atoms with van der Waals surface area (Å²) in [4.78, 5) is 28.7. The molecule has 0 N–H and O–H groups in total. The Hall–Kier alpha value is -2.37.